The summed E-state index contributed by atoms with van der Waals surface area (Å²) in [4.78, 5) is 99.1. The molecule has 0 spiro atoms. The zero-order valence-corrected chi connectivity index (χ0v) is 32.3. The molecular formula is C39H52F2N6O8. The molecule has 55 heavy (non-hydrogen) atoms. The van der Waals surface area contributed by atoms with Crippen LogP contribution in [0.2, 0.25) is 0 Å². The summed E-state index contributed by atoms with van der Waals surface area (Å²) in [6, 6.07) is -4.41. The number of amides is 6. The number of allylic oxidation sites excluding steroid dienone is 3. The summed E-state index contributed by atoms with van der Waals surface area (Å²) in [6.07, 6.45) is 5.60. The number of carbonyl (C=O) groups is 7. The van der Waals surface area contributed by atoms with Gasteiger partial charge < -0.3 is 35.4 Å². The number of halogens is 2. The fraction of sp³-hybridized carbons (Fsp3) is 0.564. The number of rotatable bonds is 9. The van der Waals surface area contributed by atoms with Crippen LogP contribution >= 0.6 is 0 Å². The number of nitrogens with zero attached hydrogens (tertiary/aromatic N) is 3. The first-order valence-corrected chi connectivity index (χ1v) is 18.7. The van der Waals surface area contributed by atoms with E-state index in [9.17, 15) is 42.3 Å². The molecule has 3 fully saturated rings. The Morgan fingerprint density at radius 3 is 2.18 bits per heavy atom. The smallest absolute Gasteiger partial charge is 0.328 e. The second-order valence-electron chi connectivity index (χ2n) is 14.8. The minimum atomic E-state index is -1.57. The van der Waals surface area contributed by atoms with Crippen LogP contribution in [0.3, 0.4) is 0 Å². The van der Waals surface area contributed by atoms with Gasteiger partial charge in [0.15, 0.2) is 0 Å². The second-order valence-corrected chi connectivity index (χ2v) is 14.8. The van der Waals surface area contributed by atoms with Crippen molar-refractivity contribution in [2.24, 2.45) is 0 Å². The third-order valence-corrected chi connectivity index (χ3v) is 10.1. The zero-order chi connectivity index (χ0) is 40.6. The predicted molar refractivity (Wildman–Crippen MR) is 197 cm³/mol. The minimum absolute atomic E-state index is 0.0459. The largest absolute Gasteiger partial charge is 0.461 e. The van der Waals surface area contributed by atoms with Gasteiger partial charge in [-0.2, -0.15) is 0 Å². The average molecular weight is 771 g/mol. The van der Waals surface area contributed by atoms with Crippen LogP contribution in [-0.2, 0) is 44.7 Å². The fourth-order valence-corrected chi connectivity index (χ4v) is 6.99. The van der Waals surface area contributed by atoms with Gasteiger partial charge in [0, 0.05) is 38.7 Å². The van der Waals surface area contributed by atoms with Crippen LogP contribution in [0.4, 0.5) is 8.78 Å². The maximum Gasteiger partial charge on any atom is 0.328 e. The van der Waals surface area contributed by atoms with E-state index in [0.29, 0.717) is 37.3 Å². The van der Waals surface area contributed by atoms with Crippen molar-refractivity contribution in [1.29, 1.82) is 0 Å². The van der Waals surface area contributed by atoms with Crippen molar-refractivity contribution in [2.75, 3.05) is 26.7 Å². The topological polar surface area (TPSA) is 175 Å². The Labute approximate surface area is 320 Å². The van der Waals surface area contributed by atoms with E-state index in [2.05, 4.69) is 16.0 Å². The molecule has 16 heteroatoms. The summed E-state index contributed by atoms with van der Waals surface area (Å²) in [7, 11) is 1.42. The molecule has 6 amide bonds. The molecule has 0 unspecified atom stereocenters. The SMILES string of the molecule is CC(C)=CCCC(C)=CC(=O)N[C@@H](Cc1cc(F)cc(F)c1)C(=O)N[C@H]1COC(=O)[C@@H]2CCCN2C(=O)[C@H](C)NC(=O)[C@H](C)N(C)C(=O)[C@@H]2CCCN2C1=O. The lowest BCUT2D eigenvalue weighted by atomic mass is 10.0. The van der Waals surface area contributed by atoms with Gasteiger partial charge in [0.1, 0.15) is 54.5 Å². The van der Waals surface area contributed by atoms with E-state index in [4.69, 9.17) is 4.74 Å². The number of fused-ring (bicyclic) bond motifs is 2. The molecule has 0 bridgehead atoms. The van der Waals surface area contributed by atoms with Gasteiger partial charge in [-0.1, -0.05) is 17.2 Å². The Hall–Kier alpha value is -5.15. The summed E-state index contributed by atoms with van der Waals surface area (Å²) in [5.74, 6) is -6.66. The van der Waals surface area contributed by atoms with Gasteiger partial charge in [0.05, 0.1) is 0 Å². The van der Waals surface area contributed by atoms with Crippen molar-refractivity contribution in [3.8, 4) is 0 Å². The van der Waals surface area contributed by atoms with Crippen LogP contribution in [0.15, 0.2) is 41.5 Å². The summed E-state index contributed by atoms with van der Waals surface area (Å²) in [5.41, 5.74) is 1.87. The first-order valence-electron chi connectivity index (χ1n) is 18.7. The molecule has 0 aliphatic carbocycles. The molecular weight excluding hydrogens is 718 g/mol. The number of carbonyl (C=O) groups excluding carboxylic acids is 7. The molecule has 1 aromatic carbocycles. The van der Waals surface area contributed by atoms with E-state index in [1.807, 2.05) is 19.9 Å². The molecule has 3 saturated heterocycles. The Bertz CT molecular complexity index is 1710. The molecule has 14 nitrogen and oxygen atoms in total. The lowest BCUT2D eigenvalue weighted by Crippen LogP contribution is -2.60. The first kappa shape index (κ1) is 42.6. The fourth-order valence-electron chi connectivity index (χ4n) is 6.99. The van der Waals surface area contributed by atoms with Crippen molar-refractivity contribution in [1.82, 2.24) is 30.7 Å². The molecule has 1 aromatic rings. The van der Waals surface area contributed by atoms with E-state index >= 15 is 0 Å². The molecule has 300 valence electrons. The van der Waals surface area contributed by atoms with E-state index in [-0.39, 0.29) is 37.9 Å². The maximum absolute atomic E-state index is 14.3. The zero-order valence-electron chi connectivity index (χ0n) is 32.3. The molecule has 0 aromatic heterocycles. The molecule has 0 saturated carbocycles. The van der Waals surface area contributed by atoms with Crippen molar-refractivity contribution in [2.45, 2.75) is 116 Å². The average Bonchev–Trinajstić information content (AvgIpc) is 3.81. The molecule has 3 heterocycles. The maximum atomic E-state index is 14.3. The van der Waals surface area contributed by atoms with Crippen LogP contribution in [0.1, 0.15) is 78.7 Å². The van der Waals surface area contributed by atoms with Crippen LogP contribution in [0, 0.1) is 11.6 Å². The Balaban J connectivity index is 1.67. The van der Waals surface area contributed by atoms with Crippen molar-refractivity contribution in [3.05, 3.63) is 58.7 Å². The summed E-state index contributed by atoms with van der Waals surface area (Å²) in [6.45, 7) is 8.28. The highest BCUT2D eigenvalue weighted by Gasteiger charge is 2.43. The number of ether oxygens (including phenoxy) is 1. The van der Waals surface area contributed by atoms with Crippen LogP contribution in [0.5, 0.6) is 0 Å². The third-order valence-electron chi connectivity index (χ3n) is 10.1. The van der Waals surface area contributed by atoms with E-state index in [1.165, 1.54) is 41.7 Å². The molecule has 3 aliphatic rings. The molecule has 3 N–H and O–H groups in total. The van der Waals surface area contributed by atoms with Gasteiger partial charge in [-0.3, -0.25) is 28.8 Å². The van der Waals surface area contributed by atoms with Crippen LogP contribution in [-0.4, -0.2) is 119 Å². The van der Waals surface area contributed by atoms with Gasteiger partial charge in [-0.05, 0) is 90.8 Å². The van der Waals surface area contributed by atoms with Gasteiger partial charge in [0.25, 0.3) is 0 Å². The summed E-state index contributed by atoms with van der Waals surface area (Å²) in [5, 5.41) is 7.78. The molecule has 6 atom stereocenters. The summed E-state index contributed by atoms with van der Waals surface area (Å²) >= 11 is 0. The lowest BCUT2D eigenvalue weighted by molar-refractivity contribution is -0.158. The Morgan fingerprint density at radius 2 is 1.55 bits per heavy atom. The molecule has 4 rings (SSSR count). The standard InChI is InChI=1S/C39H52F2N6O8/c1-22(2)10-7-11-23(3)16-33(48)43-29(19-26-17-27(40)20-28(41)18-26)35(50)44-30-21-55-39(54)32-13-9-15-47(32)36(51)24(4)42-34(49)25(5)45(6)38(53)31-12-8-14-46(31)37(30)52/h10,16-18,20,24-25,29-32H,7-9,11-15,19,21H2,1-6H3,(H,42,49)(H,43,48)(H,44,50)/t24-,25-,29-,30-,31-,32-/m0/s1. The lowest BCUT2D eigenvalue weighted by Gasteiger charge is -2.34. The number of likely N-dealkylation sites (N-methyl/N-ethyl adjacent to an activating group) is 1. The number of esters is 1. The van der Waals surface area contributed by atoms with Gasteiger partial charge >= 0.3 is 5.97 Å². The predicted octanol–water partition coefficient (Wildman–Crippen LogP) is 2.06. The van der Waals surface area contributed by atoms with Gasteiger partial charge in [-0.25, -0.2) is 13.6 Å². The monoisotopic (exact) mass is 770 g/mol. The van der Waals surface area contributed by atoms with Crippen molar-refractivity contribution < 1.29 is 47.1 Å². The Kier molecular flexibility index (Phi) is 14.7. The van der Waals surface area contributed by atoms with E-state index in [1.54, 1.807) is 6.92 Å². The third kappa shape index (κ3) is 11.2. The number of nitrogens with one attached hydrogen (secondary N) is 3. The van der Waals surface area contributed by atoms with Crippen LogP contribution < -0.4 is 16.0 Å². The summed E-state index contributed by atoms with van der Waals surface area (Å²) < 4.78 is 34.0. The van der Waals surface area contributed by atoms with Crippen molar-refractivity contribution >= 4 is 41.4 Å². The Morgan fingerprint density at radius 1 is 0.927 bits per heavy atom. The number of hydrogen-bond acceptors (Lipinski definition) is 8. The van der Waals surface area contributed by atoms with Gasteiger partial charge in [-0.15, -0.1) is 0 Å². The van der Waals surface area contributed by atoms with Gasteiger partial charge in [0.2, 0.25) is 35.4 Å². The number of benzene rings is 1. The van der Waals surface area contributed by atoms with Crippen molar-refractivity contribution in [3.63, 3.8) is 0 Å². The second kappa shape index (κ2) is 18.9. The normalized spacial score (nSPS) is 24.8. The molecule has 3 aliphatic heterocycles. The van der Waals surface area contributed by atoms with Crippen LogP contribution in [0.25, 0.3) is 0 Å². The number of hydrogen-bond donors (Lipinski definition) is 3. The molecule has 0 radical (unpaired) electrons. The van der Waals surface area contributed by atoms with E-state index in [0.717, 1.165) is 17.7 Å². The first-order chi connectivity index (χ1) is 26.0. The quantitative estimate of drug-likeness (QED) is 0.195. The number of cyclic esters (lactones) is 1. The highest BCUT2D eigenvalue weighted by atomic mass is 19.1. The minimum Gasteiger partial charge on any atom is -0.461 e. The highest BCUT2D eigenvalue weighted by molar-refractivity contribution is 5.98. The highest BCUT2D eigenvalue weighted by Crippen LogP contribution is 2.24. The van der Waals surface area contributed by atoms with E-state index < -0.39 is 95.9 Å².